The number of aryl methyl sites for hydroxylation is 1. The number of phenolic OH excluding ortho intramolecular Hbond substituents is 1. The second-order valence-corrected chi connectivity index (χ2v) is 5.62. The Labute approximate surface area is 112 Å². The van der Waals surface area contributed by atoms with Crippen LogP contribution in [0.4, 0.5) is 0 Å². The maximum Gasteiger partial charge on any atom is 0.115 e. The van der Waals surface area contributed by atoms with Crippen LogP contribution in [0.2, 0.25) is 0 Å². The van der Waals surface area contributed by atoms with Crippen LogP contribution in [0, 0.1) is 6.92 Å². The lowest BCUT2D eigenvalue weighted by molar-refractivity contribution is 0.473. The van der Waals surface area contributed by atoms with E-state index >= 15 is 0 Å². The highest BCUT2D eigenvalue weighted by molar-refractivity contribution is 7.11. The molecule has 0 spiro atoms. The zero-order valence-electron chi connectivity index (χ0n) is 10.7. The van der Waals surface area contributed by atoms with Crippen LogP contribution in [-0.4, -0.2) is 10.1 Å². The Morgan fingerprint density at radius 1 is 1.33 bits per heavy atom. The Hall–Kier alpha value is -1.39. The number of hydrogen-bond acceptors (Lipinski definition) is 4. The van der Waals surface area contributed by atoms with Crippen LogP contribution in [0.3, 0.4) is 0 Å². The normalized spacial score (nSPS) is 12.6. The van der Waals surface area contributed by atoms with E-state index in [4.69, 9.17) is 0 Å². The van der Waals surface area contributed by atoms with Gasteiger partial charge in [-0.25, -0.2) is 4.98 Å². The zero-order valence-corrected chi connectivity index (χ0v) is 11.5. The van der Waals surface area contributed by atoms with Crippen LogP contribution in [0.5, 0.6) is 5.75 Å². The molecule has 1 atom stereocenters. The molecule has 1 aromatic heterocycles. The van der Waals surface area contributed by atoms with E-state index in [9.17, 15) is 5.11 Å². The summed E-state index contributed by atoms with van der Waals surface area (Å²) in [5, 5.41) is 13.9. The second-order valence-electron chi connectivity index (χ2n) is 4.30. The zero-order chi connectivity index (χ0) is 13.0. The van der Waals surface area contributed by atoms with Gasteiger partial charge in [-0.1, -0.05) is 19.1 Å². The summed E-state index contributed by atoms with van der Waals surface area (Å²) in [4.78, 5) is 5.59. The third kappa shape index (κ3) is 3.31. The molecule has 4 heteroatoms. The lowest BCUT2D eigenvalue weighted by Crippen LogP contribution is -2.20. The van der Waals surface area contributed by atoms with E-state index in [1.54, 1.807) is 23.5 Å². The van der Waals surface area contributed by atoms with Gasteiger partial charge in [0.25, 0.3) is 0 Å². The fourth-order valence-corrected chi connectivity index (χ4v) is 2.64. The fraction of sp³-hybridized carbons (Fsp3) is 0.357. The molecule has 96 valence electrons. The highest BCUT2D eigenvalue weighted by Crippen LogP contribution is 2.20. The summed E-state index contributed by atoms with van der Waals surface area (Å²) >= 11 is 1.72. The Morgan fingerprint density at radius 2 is 2.06 bits per heavy atom. The van der Waals surface area contributed by atoms with Crippen LogP contribution in [0.15, 0.2) is 30.5 Å². The summed E-state index contributed by atoms with van der Waals surface area (Å²) < 4.78 is 0. The fourth-order valence-electron chi connectivity index (χ4n) is 1.90. The first-order valence-corrected chi connectivity index (χ1v) is 6.94. The molecule has 0 amide bonds. The van der Waals surface area contributed by atoms with Crippen LogP contribution < -0.4 is 5.32 Å². The van der Waals surface area contributed by atoms with Gasteiger partial charge in [0.1, 0.15) is 10.8 Å². The maximum absolute atomic E-state index is 9.29. The van der Waals surface area contributed by atoms with Crippen molar-refractivity contribution in [2.24, 2.45) is 0 Å². The number of nitrogens with one attached hydrogen (secondary N) is 1. The van der Waals surface area contributed by atoms with Crippen molar-refractivity contribution in [3.8, 4) is 5.75 Å². The number of aromatic nitrogens is 1. The van der Waals surface area contributed by atoms with Gasteiger partial charge in [0.15, 0.2) is 0 Å². The predicted octanol–water partition coefficient (Wildman–Crippen LogP) is 3.40. The van der Waals surface area contributed by atoms with E-state index < -0.39 is 0 Å². The maximum atomic E-state index is 9.29. The molecule has 2 N–H and O–H groups in total. The van der Waals surface area contributed by atoms with Crippen molar-refractivity contribution in [3.05, 3.63) is 45.9 Å². The Morgan fingerprint density at radius 3 is 2.61 bits per heavy atom. The molecule has 0 aliphatic heterocycles. The van der Waals surface area contributed by atoms with E-state index in [2.05, 4.69) is 24.1 Å². The molecule has 0 aliphatic rings. The molecule has 2 aromatic rings. The number of rotatable bonds is 5. The van der Waals surface area contributed by atoms with Crippen molar-refractivity contribution in [1.82, 2.24) is 10.3 Å². The third-order valence-corrected chi connectivity index (χ3v) is 3.79. The molecule has 1 heterocycles. The first-order valence-electron chi connectivity index (χ1n) is 6.12. The predicted molar refractivity (Wildman–Crippen MR) is 74.8 cm³/mol. The SMILES string of the molecule is CCC(NCc1ncc(C)s1)c1ccc(O)cc1. The molecule has 3 nitrogen and oxygen atoms in total. The molecular formula is C14H18N2OS. The van der Waals surface area contributed by atoms with Crippen molar-refractivity contribution in [2.45, 2.75) is 32.9 Å². The molecule has 0 saturated heterocycles. The van der Waals surface area contributed by atoms with Gasteiger partial charge < -0.3 is 10.4 Å². The quantitative estimate of drug-likeness (QED) is 0.868. The third-order valence-electron chi connectivity index (χ3n) is 2.87. The smallest absolute Gasteiger partial charge is 0.115 e. The number of hydrogen-bond donors (Lipinski definition) is 2. The Bertz CT molecular complexity index is 493. The van der Waals surface area contributed by atoms with Gasteiger partial charge in [0.05, 0.1) is 0 Å². The standard InChI is InChI=1S/C14H18N2OS/c1-3-13(11-4-6-12(17)7-5-11)15-9-14-16-8-10(2)18-14/h4-8,13,15,17H,3,9H2,1-2H3. The highest BCUT2D eigenvalue weighted by Gasteiger charge is 2.09. The highest BCUT2D eigenvalue weighted by atomic mass is 32.1. The summed E-state index contributed by atoms with van der Waals surface area (Å²) in [7, 11) is 0. The van der Waals surface area contributed by atoms with Gasteiger partial charge in [-0.3, -0.25) is 0 Å². The van der Waals surface area contributed by atoms with E-state index in [0.29, 0.717) is 11.8 Å². The largest absolute Gasteiger partial charge is 0.508 e. The molecule has 0 aliphatic carbocycles. The molecule has 2 rings (SSSR count). The number of aromatic hydroxyl groups is 1. The molecule has 0 radical (unpaired) electrons. The molecule has 0 bridgehead atoms. The molecule has 18 heavy (non-hydrogen) atoms. The first kappa shape index (κ1) is 13.1. The summed E-state index contributed by atoms with van der Waals surface area (Å²) in [5.41, 5.74) is 1.20. The van der Waals surface area contributed by atoms with E-state index in [1.807, 2.05) is 18.3 Å². The summed E-state index contributed by atoms with van der Waals surface area (Å²) in [6.45, 7) is 5.01. The van der Waals surface area contributed by atoms with Crippen LogP contribution in [-0.2, 0) is 6.54 Å². The van der Waals surface area contributed by atoms with Gasteiger partial charge in [-0.05, 0) is 31.0 Å². The van der Waals surface area contributed by atoms with E-state index in [1.165, 1.54) is 10.4 Å². The molecular weight excluding hydrogens is 244 g/mol. The number of phenols is 1. The monoisotopic (exact) mass is 262 g/mol. The second kappa shape index (κ2) is 5.98. The molecule has 1 unspecified atom stereocenters. The van der Waals surface area contributed by atoms with Gasteiger partial charge in [0, 0.05) is 23.7 Å². The minimum Gasteiger partial charge on any atom is -0.508 e. The van der Waals surface area contributed by atoms with Gasteiger partial charge in [-0.2, -0.15) is 0 Å². The van der Waals surface area contributed by atoms with Gasteiger partial charge in [-0.15, -0.1) is 11.3 Å². The summed E-state index contributed by atoms with van der Waals surface area (Å²) in [6, 6.07) is 7.68. The lowest BCUT2D eigenvalue weighted by atomic mass is 10.0. The molecule has 0 saturated carbocycles. The molecule has 0 fully saturated rings. The van der Waals surface area contributed by atoms with Crippen molar-refractivity contribution < 1.29 is 5.11 Å². The summed E-state index contributed by atoms with van der Waals surface area (Å²) in [5.74, 6) is 0.309. The topological polar surface area (TPSA) is 45.2 Å². The Kier molecular flexibility index (Phi) is 4.33. The van der Waals surface area contributed by atoms with Crippen molar-refractivity contribution in [1.29, 1.82) is 0 Å². The number of benzene rings is 1. The average molecular weight is 262 g/mol. The van der Waals surface area contributed by atoms with Crippen LogP contribution in [0.1, 0.15) is 34.8 Å². The number of thiazole rings is 1. The van der Waals surface area contributed by atoms with Gasteiger partial charge in [0.2, 0.25) is 0 Å². The van der Waals surface area contributed by atoms with Crippen LogP contribution >= 0.6 is 11.3 Å². The van der Waals surface area contributed by atoms with E-state index in [-0.39, 0.29) is 0 Å². The minimum atomic E-state index is 0.301. The van der Waals surface area contributed by atoms with E-state index in [0.717, 1.165) is 18.0 Å². The lowest BCUT2D eigenvalue weighted by Gasteiger charge is -2.16. The average Bonchev–Trinajstić information content (AvgIpc) is 2.78. The minimum absolute atomic E-state index is 0.301. The van der Waals surface area contributed by atoms with Crippen molar-refractivity contribution in [2.75, 3.05) is 0 Å². The first-order chi connectivity index (χ1) is 8.69. The number of nitrogens with zero attached hydrogens (tertiary/aromatic N) is 1. The summed E-state index contributed by atoms with van der Waals surface area (Å²) in [6.07, 6.45) is 2.91. The van der Waals surface area contributed by atoms with Crippen LogP contribution in [0.25, 0.3) is 0 Å². The van der Waals surface area contributed by atoms with Crippen molar-refractivity contribution in [3.63, 3.8) is 0 Å². The molecule has 1 aromatic carbocycles. The van der Waals surface area contributed by atoms with Gasteiger partial charge >= 0.3 is 0 Å². The Balaban J connectivity index is 1.99. The van der Waals surface area contributed by atoms with Crippen molar-refractivity contribution >= 4 is 11.3 Å².